The number of likely N-dealkylation sites (tertiary alicyclic amines) is 1. The molecular weight excluding hydrogens is 404 g/mol. The van der Waals surface area contributed by atoms with E-state index in [9.17, 15) is 14.7 Å². The predicted octanol–water partition coefficient (Wildman–Crippen LogP) is 5.20. The zero-order valence-corrected chi connectivity index (χ0v) is 18.0. The highest BCUT2D eigenvalue weighted by Gasteiger charge is 2.34. The molecule has 6 heteroatoms. The minimum absolute atomic E-state index is 0.0169. The molecule has 1 aliphatic heterocycles. The van der Waals surface area contributed by atoms with Crippen molar-refractivity contribution in [2.45, 2.75) is 31.2 Å². The van der Waals surface area contributed by atoms with Crippen LogP contribution in [0.25, 0.3) is 11.1 Å². The number of rotatable bonds is 4. The van der Waals surface area contributed by atoms with Gasteiger partial charge in [-0.15, -0.1) is 0 Å². The van der Waals surface area contributed by atoms with Crippen LogP contribution in [0.1, 0.15) is 58.5 Å². The second-order valence-corrected chi connectivity index (χ2v) is 8.52. The molecule has 1 saturated heterocycles. The summed E-state index contributed by atoms with van der Waals surface area (Å²) in [5.74, 6) is -0.953. The lowest BCUT2D eigenvalue weighted by Crippen LogP contribution is -2.40. The molecule has 0 saturated carbocycles. The maximum absolute atomic E-state index is 13.2. The van der Waals surface area contributed by atoms with Gasteiger partial charge in [-0.25, -0.2) is 9.59 Å². The first-order valence-corrected chi connectivity index (χ1v) is 11.1. The molecule has 2 heterocycles. The number of carbonyl (C=O) groups excluding carboxylic acids is 1. The van der Waals surface area contributed by atoms with Crippen LogP contribution in [0.2, 0.25) is 0 Å². The molecule has 2 aliphatic rings. The minimum Gasteiger partial charge on any atom is -0.477 e. The minimum atomic E-state index is -0.970. The number of amides is 1. The molecule has 164 valence electrons. The van der Waals surface area contributed by atoms with Crippen LogP contribution >= 0.6 is 0 Å². The van der Waals surface area contributed by atoms with Gasteiger partial charge in [-0.1, -0.05) is 48.5 Å². The van der Waals surface area contributed by atoms with Gasteiger partial charge >= 0.3 is 12.1 Å². The first kappa shape index (κ1) is 20.4. The number of carboxylic acid groups (broad SMARTS) is 1. The average molecular weight is 431 g/mol. The first-order chi connectivity index (χ1) is 15.6. The van der Waals surface area contributed by atoms with Crippen molar-refractivity contribution in [1.82, 2.24) is 9.47 Å². The number of carboxylic acids is 1. The number of aromatic nitrogens is 1. The largest absolute Gasteiger partial charge is 0.477 e. The number of carbonyl (C=O) groups is 2. The van der Waals surface area contributed by atoms with E-state index >= 15 is 0 Å². The molecule has 1 amide bonds. The van der Waals surface area contributed by atoms with E-state index in [0.29, 0.717) is 6.54 Å². The highest BCUT2D eigenvalue weighted by atomic mass is 16.6. The van der Waals surface area contributed by atoms with E-state index in [1.165, 1.54) is 22.3 Å². The van der Waals surface area contributed by atoms with Gasteiger partial charge in [-0.05, 0) is 53.6 Å². The number of nitrogens with zero attached hydrogens (tertiary/aromatic N) is 2. The highest BCUT2D eigenvalue weighted by molar-refractivity contribution is 5.86. The van der Waals surface area contributed by atoms with E-state index in [2.05, 4.69) is 24.3 Å². The van der Waals surface area contributed by atoms with Crippen molar-refractivity contribution >= 4 is 12.1 Å². The van der Waals surface area contributed by atoms with Crippen molar-refractivity contribution in [2.75, 3.05) is 13.2 Å². The predicted molar refractivity (Wildman–Crippen MR) is 121 cm³/mol. The first-order valence-electron chi connectivity index (χ1n) is 11.1. The summed E-state index contributed by atoms with van der Waals surface area (Å²) in [6.07, 6.45) is 2.36. The highest BCUT2D eigenvalue weighted by Crippen LogP contribution is 2.44. The van der Waals surface area contributed by atoms with Crippen LogP contribution in [0, 0.1) is 0 Å². The topological polar surface area (TPSA) is 71.8 Å². The van der Waals surface area contributed by atoms with Crippen molar-refractivity contribution in [3.8, 4) is 11.1 Å². The molecule has 0 radical (unpaired) electrons. The second kappa shape index (κ2) is 8.19. The van der Waals surface area contributed by atoms with Crippen molar-refractivity contribution in [3.05, 3.63) is 83.2 Å². The monoisotopic (exact) mass is 430 g/mol. The normalized spacial score (nSPS) is 17.7. The van der Waals surface area contributed by atoms with Gasteiger partial charge in [0.15, 0.2) is 0 Å². The Morgan fingerprint density at radius 1 is 0.969 bits per heavy atom. The third kappa shape index (κ3) is 3.36. The quantitative estimate of drug-likeness (QED) is 0.618. The SMILES string of the molecule is Cn1c(C(=O)O)ccc1C1CCCCN1C(=O)OCC1c2ccccc2-c2ccccc21. The lowest BCUT2D eigenvalue weighted by molar-refractivity contribution is 0.0675. The molecule has 1 unspecified atom stereocenters. The van der Waals surface area contributed by atoms with Crippen LogP contribution in [0.3, 0.4) is 0 Å². The number of fused-ring (bicyclic) bond motifs is 3. The Kier molecular flexibility index (Phi) is 5.21. The lowest BCUT2D eigenvalue weighted by Gasteiger charge is -2.35. The van der Waals surface area contributed by atoms with Crippen LogP contribution in [0.5, 0.6) is 0 Å². The van der Waals surface area contributed by atoms with Crippen molar-refractivity contribution in [3.63, 3.8) is 0 Å². The van der Waals surface area contributed by atoms with Gasteiger partial charge in [0.25, 0.3) is 0 Å². The fourth-order valence-electron chi connectivity index (χ4n) is 5.21. The van der Waals surface area contributed by atoms with Gasteiger partial charge in [0.1, 0.15) is 12.3 Å². The van der Waals surface area contributed by atoms with Gasteiger partial charge < -0.3 is 14.4 Å². The van der Waals surface area contributed by atoms with Crippen LogP contribution < -0.4 is 0 Å². The van der Waals surface area contributed by atoms with Gasteiger partial charge in [-0.2, -0.15) is 0 Å². The van der Waals surface area contributed by atoms with E-state index in [-0.39, 0.29) is 30.4 Å². The maximum atomic E-state index is 13.2. The average Bonchev–Trinajstić information content (AvgIpc) is 3.35. The third-order valence-electron chi connectivity index (χ3n) is 6.79. The van der Waals surface area contributed by atoms with Gasteiger partial charge in [0.05, 0.1) is 6.04 Å². The molecule has 6 nitrogen and oxygen atoms in total. The Balaban J connectivity index is 1.36. The molecular formula is C26H26N2O4. The fraction of sp³-hybridized carbons (Fsp3) is 0.308. The zero-order valence-electron chi connectivity index (χ0n) is 18.0. The summed E-state index contributed by atoms with van der Waals surface area (Å²) >= 11 is 0. The Morgan fingerprint density at radius 2 is 1.62 bits per heavy atom. The van der Waals surface area contributed by atoms with Crippen LogP contribution in [0.4, 0.5) is 4.79 Å². The fourth-order valence-corrected chi connectivity index (χ4v) is 5.21. The maximum Gasteiger partial charge on any atom is 0.410 e. The van der Waals surface area contributed by atoms with Gasteiger partial charge in [0.2, 0.25) is 0 Å². The molecule has 1 fully saturated rings. The summed E-state index contributed by atoms with van der Waals surface area (Å²) in [5.41, 5.74) is 5.82. The van der Waals surface area contributed by atoms with Crippen molar-refractivity contribution < 1.29 is 19.4 Å². The number of benzene rings is 2. The Bertz CT molecular complexity index is 1140. The van der Waals surface area contributed by atoms with Gasteiger partial charge in [-0.3, -0.25) is 4.90 Å². The van der Waals surface area contributed by atoms with Gasteiger partial charge in [0, 0.05) is 25.2 Å². The Morgan fingerprint density at radius 3 is 2.25 bits per heavy atom. The second-order valence-electron chi connectivity index (χ2n) is 8.52. The molecule has 32 heavy (non-hydrogen) atoms. The molecule has 1 aromatic heterocycles. The number of piperidine rings is 1. The molecule has 5 rings (SSSR count). The summed E-state index contributed by atoms with van der Waals surface area (Å²) in [5, 5.41) is 9.39. The lowest BCUT2D eigenvalue weighted by atomic mass is 9.98. The summed E-state index contributed by atoms with van der Waals surface area (Å²) in [4.78, 5) is 26.4. The number of hydrogen-bond acceptors (Lipinski definition) is 3. The molecule has 0 bridgehead atoms. The Hall–Kier alpha value is -3.54. The van der Waals surface area contributed by atoms with Crippen molar-refractivity contribution in [1.29, 1.82) is 0 Å². The summed E-state index contributed by atoms with van der Waals surface area (Å²) in [6.45, 7) is 0.887. The smallest absolute Gasteiger partial charge is 0.410 e. The molecule has 1 N–H and O–H groups in total. The standard InChI is InChI=1S/C26H26N2O4/c1-27-22(13-14-24(27)25(29)30)23-12-6-7-15-28(23)26(31)32-16-21-19-10-4-2-8-17(19)18-9-3-5-11-20(18)21/h2-5,8-11,13-14,21,23H,6-7,12,15-16H2,1H3,(H,29,30). The number of ether oxygens (including phenoxy) is 1. The third-order valence-corrected chi connectivity index (χ3v) is 6.79. The Labute approximate surface area is 187 Å². The summed E-state index contributed by atoms with van der Waals surface area (Å²) in [6, 6.07) is 19.8. The van der Waals surface area contributed by atoms with E-state index in [1.807, 2.05) is 30.3 Å². The summed E-state index contributed by atoms with van der Waals surface area (Å²) < 4.78 is 7.56. The van der Waals surface area contributed by atoms with Crippen LogP contribution in [0.15, 0.2) is 60.7 Å². The summed E-state index contributed by atoms with van der Waals surface area (Å²) in [7, 11) is 1.74. The molecule has 3 aromatic rings. The molecule has 1 atom stereocenters. The van der Waals surface area contributed by atoms with Crippen molar-refractivity contribution in [2.24, 2.45) is 7.05 Å². The molecule has 2 aromatic carbocycles. The van der Waals surface area contributed by atoms with E-state index in [1.54, 1.807) is 22.6 Å². The molecule has 0 spiro atoms. The molecule has 1 aliphatic carbocycles. The van der Waals surface area contributed by atoms with Crippen LogP contribution in [-0.2, 0) is 11.8 Å². The number of aromatic carboxylic acids is 1. The number of hydrogen-bond donors (Lipinski definition) is 1. The van der Waals surface area contributed by atoms with Crippen LogP contribution in [-0.4, -0.2) is 39.8 Å². The van der Waals surface area contributed by atoms with E-state index in [0.717, 1.165) is 25.0 Å². The van der Waals surface area contributed by atoms with E-state index < -0.39 is 5.97 Å². The van der Waals surface area contributed by atoms with E-state index in [4.69, 9.17) is 4.74 Å². The zero-order chi connectivity index (χ0) is 22.2.